The summed E-state index contributed by atoms with van der Waals surface area (Å²) in [5.74, 6) is 1.43. The minimum atomic E-state index is -0.0360. The number of amides is 1. The molecule has 0 unspecified atom stereocenters. The number of para-hydroxylation sites is 1. The van der Waals surface area contributed by atoms with Crippen molar-refractivity contribution in [3.8, 4) is 5.75 Å². The fraction of sp³-hybridized carbons (Fsp3) is 0.412. The number of carbonyl (C=O) groups is 1. The number of aromatic nitrogens is 1. The maximum atomic E-state index is 12.0. The highest BCUT2D eigenvalue weighted by Crippen LogP contribution is 2.44. The first-order chi connectivity index (χ1) is 11.2. The Morgan fingerprint density at radius 2 is 2.04 bits per heavy atom. The molecule has 1 aliphatic carbocycles. The highest BCUT2D eigenvalue weighted by atomic mass is 32.1. The van der Waals surface area contributed by atoms with E-state index in [1.165, 1.54) is 24.2 Å². The molecule has 6 heteroatoms. The molecule has 120 valence electrons. The van der Waals surface area contributed by atoms with Crippen LogP contribution in [0.25, 0.3) is 0 Å². The summed E-state index contributed by atoms with van der Waals surface area (Å²) in [6, 6.07) is 8.03. The van der Waals surface area contributed by atoms with Crippen LogP contribution in [0.3, 0.4) is 0 Å². The van der Waals surface area contributed by atoms with E-state index in [-0.39, 0.29) is 11.8 Å². The third kappa shape index (κ3) is 2.79. The summed E-state index contributed by atoms with van der Waals surface area (Å²) in [5.41, 5.74) is 6.89. The molecular weight excluding hydrogens is 310 g/mol. The summed E-state index contributed by atoms with van der Waals surface area (Å²) >= 11 is 1.44. The number of ether oxygens (including phenoxy) is 1. The molecule has 0 radical (unpaired) electrons. The van der Waals surface area contributed by atoms with E-state index in [2.05, 4.69) is 10.3 Å². The molecule has 23 heavy (non-hydrogen) atoms. The van der Waals surface area contributed by atoms with Crippen molar-refractivity contribution in [3.05, 3.63) is 34.7 Å². The molecule has 1 atom stereocenters. The molecule has 0 saturated heterocycles. The lowest BCUT2D eigenvalue weighted by Crippen LogP contribution is -2.23. The van der Waals surface area contributed by atoms with Crippen molar-refractivity contribution in [1.82, 2.24) is 4.98 Å². The molecule has 5 nitrogen and oxygen atoms in total. The number of benzene rings is 1. The zero-order valence-corrected chi connectivity index (χ0v) is 13.6. The monoisotopic (exact) mass is 329 g/mol. The highest BCUT2D eigenvalue weighted by molar-refractivity contribution is 7.16. The van der Waals surface area contributed by atoms with Crippen LogP contribution in [0.15, 0.2) is 24.3 Å². The van der Waals surface area contributed by atoms with Crippen LogP contribution >= 0.6 is 11.3 Å². The third-order valence-corrected chi connectivity index (χ3v) is 5.52. The topological polar surface area (TPSA) is 77.2 Å². The number of fused-ring (bicyclic) bond motifs is 1. The van der Waals surface area contributed by atoms with Gasteiger partial charge in [-0.25, -0.2) is 4.98 Å². The maximum absolute atomic E-state index is 12.0. The van der Waals surface area contributed by atoms with Crippen molar-refractivity contribution in [1.29, 1.82) is 0 Å². The molecule has 1 fully saturated rings. The Bertz CT molecular complexity index is 737. The van der Waals surface area contributed by atoms with Crippen LogP contribution < -0.4 is 15.8 Å². The van der Waals surface area contributed by atoms with Crippen molar-refractivity contribution >= 4 is 28.2 Å². The van der Waals surface area contributed by atoms with E-state index in [0.29, 0.717) is 23.5 Å². The zero-order valence-electron chi connectivity index (χ0n) is 12.7. The Morgan fingerprint density at radius 3 is 2.87 bits per heavy atom. The van der Waals surface area contributed by atoms with Crippen molar-refractivity contribution in [2.45, 2.75) is 44.1 Å². The Kier molecular flexibility index (Phi) is 3.69. The Hall–Kier alpha value is -2.08. The average Bonchev–Trinajstić information content (AvgIpc) is 3.15. The maximum Gasteiger partial charge on any atom is 0.226 e. The molecule has 1 amide bonds. The van der Waals surface area contributed by atoms with Crippen LogP contribution in [0.4, 0.5) is 10.9 Å². The Morgan fingerprint density at radius 1 is 1.26 bits per heavy atom. The molecule has 2 heterocycles. The molecule has 1 saturated carbocycles. The van der Waals surface area contributed by atoms with Crippen molar-refractivity contribution in [2.75, 3.05) is 11.1 Å². The molecule has 1 aromatic heterocycles. The minimum Gasteiger partial charge on any atom is -0.490 e. The predicted molar refractivity (Wildman–Crippen MR) is 90.9 cm³/mol. The van der Waals surface area contributed by atoms with Gasteiger partial charge in [0.05, 0.1) is 11.0 Å². The first kappa shape index (κ1) is 14.5. The van der Waals surface area contributed by atoms with Gasteiger partial charge < -0.3 is 15.8 Å². The number of carbonyl (C=O) groups excluding carboxylic acids is 1. The van der Waals surface area contributed by atoms with E-state index in [1.807, 2.05) is 24.3 Å². The second-order valence-corrected chi connectivity index (χ2v) is 7.19. The van der Waals surface area contributed by atoms with Gasteiger partial charge in [-0.3, -0.25) is 4.79 Å². The van der Waals surface area contributed by atoms with Gasteiger partial charge in [-0.1, -0.05) is 29.5 Å². The number of hydrogen-bond donors (Lipinski definition) is 2. The number of thiazole rings is 1. The lowest BCUT2D eigenvalue weighted by molar-refractivity contribution is -0.116. The zero-order chi connectivity index (χ0) is 15.8. The van der Waals surface area contributed by atoms with Gasteiger partial charge in [-0.15, -0.1) is 0 Å². The van der Waals surface area contributed by atoms with Crippen LogP contribution in [0, 0.1) is 0 Å². The summed E-state index contributed by atoms with van der Waals surface area (Å²) in [4.78, 5) is 17.3. The number of rotatable bonds is 3. The first-order valence-corrected chi connectivity index (χ1v) is 8.84. The summed E-state index contributed by atoms with van der Waals surface area (Å²) < 4.78 is 6.24. The molecule has 0 bridgehead atoms. The third-order valence-electron chi connectivity index (χ3n) is 4.52. The minimum absolute atomic E-state index is 0.0246. The van der Waals surface area contributed by atoms with E-state index < -0.39 is 0 Å². The van der Waals surface area contributed by atoms with Gasteiger partial charge in [0.25, 0.3) is 0 Å². The van der Waals surface area contributed by atoms with Gasteiger partial charge in [-0.2, -0.15) is 0 Å². The summed E-state index contributed by atoms with van der Waals surface area (Å²) in [6.45, 7) is 0. The molecule has 1 aliphatic heterocycles. The number of hydrogen-bond acceptors (Lipinski definition) is 5. The number of anilines is 2. The predicted octanol–water partition coefficient (Wildman–Crippen LogP) is 3.52. The standard InChI is InChI=1S/C17H19N3O2S/c18-17-20-16-15(23-17)12(9-14(21)19-16)11-7-3-4-8-13(11)22-10-5-1-2-6-10/h3-4,7-8,10,12H,1-2,5-6,9H2,(H2,18,20)(H,19,21)/t12-/m0/s1. The Balaban J connectivity index is 1.71. The fourth-order valence-corrected chi connectivity index (χ4v) is 4.36. The Labute approximate surface area is 138 Å². The van der Waals surface area contributed by atoms with E-state index in [1.54, 1.807) is 0 Å². The molecule has 0 spiro atoms. The van der Waals surface area contributed by atoms with Crippen molar-refractivity contribution in [3.63, 3.8) is 0 Å². The number of nitrogens with two attached hydrogens (primary N) is 1. The van der Waals surface area contributed by atoms with Gasteiger partial charge in [0, 0.05) is 17.9 Å². The van der Waals surface area contributed by atoms with Crippen LogP contribution in [0.2, 0.25) is 0 Å². The average molecular weight is 329 g/mol. The van der Waals surface area contributed by atoms with Crippen molar-refractivity contribution < 1.29 is 9.53 Å². The van der Waals surface area contributed by atoms with Gasteiger partial charge in [0.2, 0.25) is 5.91 Å². The largest absolute Gasteiger partial charge is 0.490 e. The molecule has 1 aromatic carbocycles. The van der Waals surface area contributed by atoms with Gasteiger partial charge in [0.1, 0.15) is 11.6 Å². The summed E-state index contributed by atoms with van der Waals surface area (Å²) in [6.07, 6.45) is 5.37. The quantitative estimate of drug-likeness (QED) is 0.903. The molecule has 4 rings (SSSR count). The molecule has 2 aliphatic rings. The second-order valence-electron chi connectivity index (χ2n) is 6.13. The fourth-order valence-electron chi connectivity index (χ4n) is 3.45. The van der Waals surface area contributed by atoms with Crippen LogP contribution in [-0.2, 0) is 4.79 Å². The second kappa shape index (κ2) is 5.85. The lowest BCUT2D eigenvalue weighted by Gasteiger charge is -2.25. The molecule has 3 N–H and O–H groups in total. The summed E-state index contributed by atoms with van der Waals surface area (Å²) in [5, 5.41) is 3.30. The number of nitrogens with zero attached hydrogens (tertiary/aromatic N) is 1. The van der Waals surface area contributed by atoms with Crippen LogP contribution in [-0.4, -0.2) is 17.0 Å². The van der Waals surface area contributed by atoms with E-state index in [9.17, 15) is 4.79 Å². The SMILES string of the molecule is Nc1nc2c(s1)[C@H](c1ccccc1OC1CCCC1)CC(=O)N2. The lowest BCUT2D eigenvalue weighted by atomic mass is 9.91. The molecular formula is C17H19N3O2S. The van der Waals surface area contributed by atoms with Crippen LogP contribution in [0.5, 0.6) is 5.75 Å². The van der Waals surface area contributed by atoms with E-state index in [4.69, 9.17) is 10.5 Å². The smallest absolute Gasteiger partial charge is 0.226 e. The summed E-state index contributed by atoms with van der Waals surface area (Å²) in [7, 11) is 0. The normalized spacial score (nSPS) is 21.0. The number of nitrogens with one attached hydrogen (secondary N) is 1. The molecule has 2 aromatic rings. The highest BCUT2D eigenvalue weighted by Gasteiger charge is 2.32. The number of nitrogen functional groups attached to an aromatic ring is 1. The van der Waals surface area contributed by atoms with Crippen LogP contribution in [0.1, 0.15) is 48.5 Å². The van der Waals surface area contributed by atoms with E-state index in [0.717, 1.165) is 29.0 Å². The van der Waals surface area contributed by atoms with Gasteiger partial charge >= 0.3 is 0 Å². The first-order valence-electron chi connectivity index (χ1n) is 8.02. The van der Waals surface area contributed by atoms with Gasteiger partial charge in [0.15, 0.2) is 5.13 Å². The van der Waals surface area contributed by atoms with Gasteiger partial charge in [-0.05, 0) is 31.7 Å². The van der Waals surface area contributed by atoms with E-state index >= 15 is 0 Å². The van der Waals surface area contributed by atoms with Crippen molar-refractivity contribution in [2.24, 2.45) is 0 Å².